The van der Waals surface area contributed by atoms with E-state index >= 15 is 0 Å². The van der Waals surface area contributed by atoms with E-state index in [0.717, 1.165) is 4.51 Å². The molecule has 1 aromatic rings. The van der Waals surface area contributed by atoms with E-state index in [0.29, 0.717) is 0 Å². The molecule has 1 nitrogen and oxygen atoms in total. The van der Waals surface area contributed by atoms with Crippen LogP contribution >= 0.6 is 12.2 Å². The maximum absolute atomic E-state index is 4.81. The van der Waals surface area contributed by atoms with Gasteiger partial charge < -0.3 is 4.90 Å². The van der Waals surface area contributed by atoms with Gasteiger partial charge in [-0.25, -0.2) is 0 Å². The van der Waals surface area contributed by atoms with Crippen molar-refractivity contribution in [1.82, 2.24) is 0 Å². The van der Waals surface area contributed by atoms with Gasteiger partial charge in [-0.2, -0.15) is 0 Å². The number of rotatable bonds is 1. The molecule has 0 saturated carbocycles. The lowest BCUT2D eigenvalue weighted by molar-refractivity contribution is 1.16. The van der Waals surface area contributed by atoms with Crippen molar-refractivity contribution in [2.45, 2.75) is 0 Å². The van der Waals surface area contributed by atoms with Gasteiger partial charge in [-0.1, -0.05) is 12.2 Å². The summed E-state index contributed by atoms with van der Waals surface area (Å²) in [4.78, 5) is 2.02. The first-order valence-electron chi connectivity index (χ1n) is 2.15. The third-order valence-corrected chi connectivity index (χ3v) is 1.25. The lowest BCUT2D eigenvalue weighted by Gasteiger charge is -2.01. The Morgan fingerprint density at radius 3 is 2.00 bits per heavy atom. The van der Waals surface area contributed by atoms with Crippen molar-refractivity contribution in [1.29, 1.82) is 0 Å². The molecule has 0 spiro atoms. The first kappa shape index (κ1) is 4.78. The highest BCUT2D eigenvalue weighted by atomic mass is 32.1. The smallest absolute Gasteiger partial charge is 0.0632 e. The fourth-order valence-electron chi connectivity index (χ4n) is 0.438. The lowest BCUT2D eigenvalue weighted by Crippen LogP contribution is -2.03. The van der Waals surface area contributed by atoms with Crippen LogP contribution in [0.1, 0.15) is 0 Å². The van der Waals surface area contributed by atoms with Gasteiger partial charge in [-0.05, 0) is 6.07 Å². The fourth-order valence-corrected chi connectivity index (χ4v) is 0.732. The van der Waals surface area contributed by atoms with Crippen molar-refractivity contribution in [3.8, 4) is 0 Å². The highest BCUT2D eigenvalue weighted by Crippen LogP contribution is 2.21. The summed E-state index contributed by atoms with van der Waals surface area (Å²) in [5.74, 6) is 0. The molecule has 0 radical (unpaired) electrons. The second-order valence-electron chi connectivity index (χ2n) is 1.79. The molecule has 0 bridgehead atoms. The molecule has 0 N–H and O–H groups in total. The van der Waals surface area contributed by atoms with Crippen LogP contribution in [0.2, 0.25) is 0 Å². The third-order valence-electron chi connectivity index (χ3n) is 0.919. The van der Waals surface area contributed by atoms with E-state index in [9.17, 15) is 0 Å². The molecule has 0 aliphatic rings. The molecule has 0 aliphatic heterocycles. The molecule has 0 heterocycles. The van der Waals surface area contributed by atoms with E-state index in [1.165, 1.54) is 5.69 Å². The van der Waals surface area contributed by atoms with Gasteiger partial charge in [0.2, 0.25) is 0 Å². The van der Waals surface area contributed by atoms with Crippen LogP contribution in [0.3, 0.4) is 0 Å². The average Bonchev–Trinajstić information content (AvgIpc) is 2.17. The van der Waals surface area contributed by atoms with Crippen molar-refractivity contribution in [3.63, 3.8) is 0 Å². The van der Waals surface area contributed by atoms with Crippen LogP contribution in [-0.2, 0) is 0 Å². The van der Waals surface area contributed by atoms with Crippen molar-refractivity contribution in [2.75, 3.05) is 19.0 Å². The largest absolute Gasteiger partial charge is 0.376 e. The van der Waals surface area contributed by atoms with Gasteiger partial charge in [-0.15, -0.1) is 0 Å². The van der Waals surface area contributed by atoms with Crippen LogP contribution in [0.5, 0.6) is 0 Å². The highest BCUT2D eigenvalue weighted by molar-refractivity contribution is 7.72. The topological polar surface area (TPSA) is 3.24 Å². The van der Waals surface area contributed by atoms with Crippen molar-refractivity contribution in [3.05, 3.63) is 10.6 Å². The molecule has 1 aromatic carbocycles. The van der Waals surface area contributed by atoms with E-state index in [4.69, 9.17) is 12.2 Å². The van der Waals surface area contributed by atoms with Crippen LogP contribution in [-0.4, -0.2) is 14.1 Å². The molecule has 0 atom stereocenters. The summed E-state index contributed by atoms with van der Waals surface area (Å²) in [6.07, 6.45) is 0. The Morgan fingerprint density at radius 2 is 2.00 bits per heavy atom. The summed E-state index contributed by atoms with van der Waals surface area (Å²) in [5.41, 5.74) is 1.20. The number of anilines is 1. The molecule has 38 valence electrons. The SMILES string of the molecule is CN(C)c1cc1=S. The molecule has 0 unspecified atom stereocenters. The van der Waals surface area contributed by atoms with Crippen molar-refractivity contribution >= 4 is 17.9 Å². The van der Waals surface area contributed by atoms with Crippen molar-refractivity contribution in [2.24, 2.45) is 0 Å². The summed E-state index contributed by atoms with van der Waals surface area (Å²) in [5, 5.41) is 0. The second kappa shape index (κ2) is 1.30. The van der Waals surface area contributed by atoms with E-state index in [2.05, 4.69) is 0 Å². The zero-order chi connectivity index (χ0) is 5.44. The maximum Gasteiger partial charge on any atom is 0.0632 e. The maximum atomic E-state index is 4.81. The summed E-state index contributed by atoms with van der Waals surface area (Å²) in [7, 11) is 3.98. The van der Waals surface area contributed by atoms with Crippen LogP contribution in [0.15, 0.2) is 6.07 Å². The molecule has 1 rings (SSSR count). The van der Waals surface area contributed by atoms with Crippen molar-refractivity contribution < 1.29 is 0 Å². The van der Waals surface area contributed by atoms with Crippen LogP contribution < -0.4 is 4.90 Å². The number of hydrogen-bond acceptors (Lipinski definition) is 2. The summed E-state index contributed by atoms with van der Waals surface area (Å²) in [6.45, 7) is 0. The highest BCUT2D eigenvalue weighted by Gasteiger charge is 2.03. The first-order valence-corrected chi connectivity index (χ1v) is 2.56. The van der Waals surface area contributed by atoms with E-state index in [1.807, 2.05) is 25.1 Å². The van der Waals surface area contributed by atoms with E-state index in [1.54, 1.807) is 0 Å². The first-order chi connectivity index (χ1) is 3.22. The summed E-state index contributed by atoms with van der Waals surface area (Å²) >= 11 is 4.81. The minimum atomic E-state index is 1.00. The fraction of sp³-hybridized carbons (Fsp3) is 0.400. The standard InChI is InChI=1S/C5H7NS/c1-6(2)4-3-5(4)7/h3H,1-2H3. The van der Waals surface area contributed by atoms with Crippen LogP contribution in [0, 0.1) is 4.51 Å². The average molecular weight is 113 g/mol. The quantitative estimate of drug-likeness (QED) is 0.506. The van der Waals surface area contributed by atoms with Gasteiger partial charge >= 0.3 is 0 Å². The minimum absolute atomic E-state index is 1.00. The van der Waals surface area contributed by atoms with Gasteiger partial charge in [0.05, 0.1) is 10.2 Å². The van der Waals surface area contributed by atoms with Gasteiger partial charge in [0.25, 0.3) is 0 Å². The van der Waals surface area contributed by atoms with Crippen LogP contribution in [0.25, 0.3) is 0 Å². The number of hydrogen-bond donors (Lipinski definition) is 0. The molecule has 0 aliphatic carbocycles. The summed E-state index contributed by atoms with van der Waals surface area (Å²) < 4.78 is 1.00. The molecule has 0 aromatic heterocycles. The molecule has 0 amide bonds. The Balaban J connectivity index is 2.67. The Labute approximate surface area is 48.2 Å². The predicted molar refractivity (Wildman–Crippen MR) is 34.0 cm³/mol. The van der Waals surface area contributed by atoms with Gasteiger partial charge in [0.1, 0.15) is 0 Å². The van der Waals surface area contributed by atoms with E-state index in [-0.39, 0.29) is 0 Å². The zero-order valence-corrected chi connectivity index (χ0v) is 5.25. The Bertz CT molecular complexity index is 171. The number of nitrogens with zero attached hydrogens (tertiary/aromatic N) is 1. The van der Waals surface area contributed by atoms with Crippen LogP contribution in [0.4, 0.5) is 5.69 Å². The Kier molecular flexibility index (Phi) is 0.889. The van der Waals surface area contributed by atoms with Gasteiger partial charge in [0, 0.05) is 14.1 Å². The molecular formula is C5H7NS. The second-order valence-corrected chi connectivity index (χ2v) is 2.23. The minimum Gasteiger partial charge on any atom is -0.376 e. The predicted octanol–water partition coefficient (Wildman–Crippen LogP) is 1.36. The molecular weight excluding hydrogens is 106 g/mol. The van der Waals surface area contributed by atoms with Gasteiger partial charge in [-0.3, -0.25) is 0 Å². The lowest BCUT2D eigenvalue weighted by atomic mass is 10.8. The molecule has 7 heavy (non-hydrogen) atoms. The Hall–Kier alpha value is -0.370. The zero-order valence-electron chi connectivity index (χ0n) is 4.43. The normalized spacial score (nSPS) is 10.0. The summed E-state index contributed by atoms with van der Waals surface area (Å²) in [6, 6.07) is 1.98. The third kappa shape index (κ3) is 0.800. The Morgan fingerprint density at radius 1 is 1.57 bits per heavy atom. The molecule has 2 heteroatoms. The van der Waals surface area contributed by atoms with Gasteiger partial charge in [0.15, 0.2) is 0 Å². The monoisotopic (exact) mass is 113 g/mol. The molecule has 0 fully saturated rings. The van der Waals surface area contributed by atoms with E-state index < -0.39 is 0 Å². The molecule has 0 saturated heterocycles.